The van der Waals surface area contributed by atoms with E-state index in [1.165, 1.54) is 16.0 Å². The van der Waals surface area contributed by atoms with Gasteiger partial charge in [0.1, 0.15) is 0 Å². The Balaban J connectivity index is 3.33. The zero-order valence-corrected chi connectivity index (χ0v) is 17.1. The molecule has 0 nitrogen and oxygen atoms in total. The minimum atomic E-state index is -2.25. The molecule has 1 unspecified atom stereocenters. The molecule has 1 aliphatic rings. The van der Waals surface area contributed by atoms with Crippen LogP contribution in [0.25, 0.3) is 0 Å². The topological polar surface area (TPSA) is 0 Å². The highest BCUT2D eigenvalue weighted by atomic mass is 35.7. The van der Waals surface area contributed by atoms with E-state index in [0.717, 1.165) is 6.42 Å². The van der Waals surface area contributed by atoms with Gasteiger partial charge < -0.3 is 0 Å². The molecule has 0 amide bonds. The van der Waals surface area contributed by atoms with Gasteiger partial charge in [-0.05, 0) is 31.3 Å². The van der Waals surface area contributed by atoms with Gasteiger partial charge in [-0.3, -0.25) is 0 Å². The van der Waals surface area contributed by atoms with Crippen molar-refractivity contribution in [3.8, 4) is 0 Å². The lowest BCUT2D eigenvalue weighted by Gasteiger charge is -2.50. The molecule has 0 bridgehead atoms. The third kappa shape index (κ3) is 3.58. The summed E-state index contributed by atoms with van der Waals surface area (Å²) < 4.78 is 0. The summed E-state index contributed by atoms with van der Waals surface area (Å²) in [4.78, 5) is 1.48. The quantitative estimate of drug-likeness (QED) is 0.413. The van der Waals surface area contributed by atoms with Crippen molar-refractivity contribution in [2.24, 2.45) is 5.41 Å². The van der Waals surface area contributed by atoms with Crippen LogP contribution in [0.1, 0.15) is 41.0 Å². The molecule has 1 aliphatic heterocycles. The Kier molecular flexibility index (Phi) is 4.95. The Morgan fingerprint density at radius 2 is 1.74 bits per heavy atom. The van der Waals surface area contributed by atoms with Crippen molar-refractivity contribution in [2.75, 3.05) is 0 Å². The van der Waals surface area contributed by atoms with Gasteiger partial charge in [-0.2, -0.15) is 0 Å². The second kappa shape index (κ2) is 5.36. The molecular weight excluding hydrogens is 307 g/mol. The van der Waals surface area contributed by atoms with Crippen LogP contribution in [0.2, 0.25) is 25.2 Å². The van der Waals surface area contributed by atoms with Gasteiger partial charge in [-0.25, -0.2) is 0 Å². The first kappa shape index (κ1) is 17.5. The van der Waals surface area contributed by atoms with Crippen molar-refractivity contribution in [3.63, 3.8) is 0 Å². The molecule has 1 rings (SSSR count). The van der Waals surface area contributed by atoms with E-state index in [2.05, 4.69) is 60.3 Å². The highest BCUT2D eigenvalue weighted by molar-refractivity contribution is 7.54. The Labute approximate surface area is 130 Å². The van der Waals surface area contributed by atoms with Gasteiger partial charge in [-0.15, -0.1) is 22.2 Å². The lowest BCUT2D eigenvalue weighted by molar-refractivity contribution is 0.374. The molecule has 0 aromatic heterocycles. The minimum absolute atomic E-state index is 0.275. The molecule has 4 heteroatoms. The van der Waals surface area contributed by atoms with Crippen molar-refractivity contribution in [3.05, 3.63) is 22.0 Å². The van der Waals surface area contributed by atoms with Gasteiger partial charge >= 0.3 is 0 Å². The van der Waals surface area contributed by atoms with Crippen LogP contribution >= 0.6 is 22.2 Å². The first-order chi connectivity index (χ1) is 8.32. The van der Waals surface area contributed by atoms with Crippen molar-refractivity contribution in [2.45, 2.75) is 66.2 Å². The van der Waals surface area contributed by atoms with Crippen LogP contribution in [0.15, 0.2) is 22.0 Å². The lowest BCUT2D eigenvalue weighted by atomic mass is 9.86. The molecule has 1 heterocycles. The maximum absolute atomic E-state index is 6.88. The third-order valence-electron chi connectivity index (χ3n) is 3.81. The van der Waals surface area contributed by atoms with Gasteiger partial charge in [0, 0.05) is 5.54 Å². The van der Waals surface area contributed by atoms with Gasteiger partial charge in [-0.1, -0.05) is 56.9 Å². The molecule has 1 atom stereocenters. The summed E-state index contributed by atoms with van der Waals surface area (Å²) in [6, 6.07) is 0. The molecule has 19 heavy (non-hydrogen) atoms. The summed E-state index contributed by atoms with van der Waals surface area (Å²) in [7, 11) is -1.43. The van der Waals surface area contributed by atoms with Gasteiger partial charge in [0.15, 0.2) is 0 Å². The Morgan fingerprint density at radius 3 is 2.05 bits per heavy atom. The van der Waals surface area contributed by atoms with E-state index in [0.29, 0.717) is 5.54 Å². The Hall–Kier alpha value is 0.494. The van der Waals surface area contributed by atoms with Crippen molar-refractivity contribution in [1.29, 1.82) is 0 Å². The highest BCUT2D eigenvalue weighted by Gasteiger charge is 2.58. The fourth-order valence-electron chi connectivity index (χ4n) is 3.01. The van der Waals surface area contributed by atoms with E-state index in [9.17, 15) is 0 Å². The number of halogens is 2. The maximum atomic E-state index is 6.88. The van der Waals surface area contributed by atoms with Crippen LogP contribution in [0, 0.1) is 5.41 Å². The monoisotopic (exact) mass is 334 g/mol. The third-order valence-corrected chi connectivity index (χ3v) is 15.0. The van der Waals surface area contributed by atoms with Gasteiger partial charge in [0.25, 0.3) is 6.69 Å². The fraction of sp³-hybridized carbons (Fsp3) is 0.733. The van der Waals surface area contributed by atoms with Crippen molar-refractivity contribution in [1.82, 2.24) is 0 Å². The van der Waals surface area contributed by atoms with Gasteiger partial charge in [0.2, 0.25) is 0 Å². The zero-order chi connectivity index (χ0) is 15.2. The SMILES string of the molecule is C/C=C(/C)C1=C([Si](C)(C)C)[Si](Cl)(Cl)C1CC(C)(C)C. The highest BCUT2D eigenvalue weighted by Crippen LogP contribution is 2.60. The fourth-order valence-corrected chi connectivity index (χ4v) is 18.1. The van der Waals surface area contributed by atoms with Crippen LogP contribution in [-0.4, -0.2) is 14.8 Å². The second-order valence-corrected chi connectivity index (χ2v) is 20.1. The largest absolute Gasteiger partial charge is 0.280 e. The van der Waals surface area contributed by atoms with Crippen LogP contribution in [0.4, 0.5) is 0 Å². The number of allylic oxidation sites excluding steroid dienone is 3. The van der Waals surface area contributed by atoms with Crippen LogP contribution < -0.4 is 0 Å². The summed E-state index contributed by atoms with van der Waals surface area (Å²) in [6.07, 6.45) is 3.31. The van der Waals surface area contributed by atoms with Crippen LogP contribution in [-0.2, 0) is 0 Å². The maximum Gasteiger partial charge on any atom is 0.280 e. The Bertz CT molecular complexity index is 420. The standard InChI is InChI=1S/C15H28Cl2Si2/c1-9-11(2)13-12(10-15(3,4)5)19(16,17)14(13)18(6,7)8/h9,12H,10H2,1-8H3/b11-9-. The minimum Gasteiger partial charge on any atom is -0.140 e. The van der Waals surface area contributed by atoms with Crippen molar-refractivity contribution >= 4 is 36.9 Å². The second-order valence-electron chi connectivity index (χ2n) is 7.95. The molecular formula is C15H28Cl2Si2. The molecule has 0 saturated heterocycles. The zero-order valence-electron chi connectivity index (χ0n) is 13.6. The summed E-state index contributed by atoms with van der Waals surface area (Å²) in [5, 5.41) is 0. The first-order valence-electron chi connectivity index (χ1n) is 7.08. The number of rotatable bonds is 3. The average Bonchev–Trinajstić information content (AvgIpc) is 2.18. The molecule has 0 radical (unpaired) electrons. The Morgan fingerprint density at radius 1 is 1.26 bits per heavy atom. The van der Waals surface area contributed by atoms with E-state index >= 15 is 0 Å². The molecule has 0 N–H and O–H groups in total. The van der Waals surface area contributed by atoms with Crippen LogP contribution in [0.3, 0.4) is 0 Å². The van der Waals surface area contributed by atoms with E-state index in [-0.39, 0.29) is 5.41 Å². The smallest absolute Gasteiger partial charge is 0.140 e. The summed E-state index contributed by atoms with van der Waals surface area (Å²) in [6.45, 7) is 16.0. The molecule has 0 saturated carbocycles. The van der Waals surface area contributed by atoms with E-state index < -0.39 is 14.8 Å². The van der Waals surface area contributed by atoms with E-state index in [1.54, 1.807) is 0 Å². The molecule has 0 fully saturated rings. The van der Waals surface area contributed by atoms with Crippen LogP contribution in [0.5, 0.6) is 0 Å². The molecule has 0 spiro atoms. The van der Waals surface area contributed by atoms with Gasteiger partial charge in [0.05, 0.1) is 8.07 Å². The summed E-state index contributed by atoms with van der Waals surface area (Å²) >= 11 is 13.8. The predicted octanol–water partition coefficient (Wildman–Crippen LogP) is 6.41. The number of hydrogen-bond donors (Lipinski definition) is 0. The molecule has 0 aliphatic carbocycles. The lowest BCUT2D eigenvalue weighted by Crippen LogP contribution is -2.53. The van der Waals surface area contributed by atoms with E-state index in [1.807, 2.05) is 0 Å². The first-order valence-corrected chi connectivity index (χ1v) is 14.7. The summed E-state index contributed by atoms with van der Waals surface area (Å²) in [5.41, 5.74) is 3.58. The molecule has 0 aromatic rings. The van der Waals surface area contributed by atoms with E-state index in [4.69, 9.17) is 22.2 Å². The normalized spacial score (nSPS) is 24.5. The molecule has 0 aromatic carbocycles. The average molecular weight is 335 g/mol. The molecule has 110 valence electrons. The van der Waals surface area contributed by atoms with Crippen molar-refractivity contribution < 1.29 is 0 Å². The number of hydrogen-bond acceptors (Lipinski definition) is 0. The predicted molar refractivity (Wildman–Crippen MR) is 95.1 cm³/mol. The summed E-state index contributed by atoms with van der Waals surface area (Å²) in [5.74, 6) is 0.